The molecule has 29 heavy (non-hydrogen) atoms. The molecule has 0 unspecified atom stereocenters. The number of benzene rings is 3. The highest BCUT2D eigenvalue weighted by molar-refractivity contribution is 7.18. The summed E-state index contributed by atoms with van der Waals surface area (Å²) in [6.07, 6.45) is 0. The van der Waals surface area contributed by atoms with Crippen molar-refractivity contribution in [3.05, 3.63) is 82.0 Å². The summed E-state index contributed by atoms with van der Waals surface area (Å²) in [4.78, 5) is 30.1. The lowest BCUT2D eigenvalue weighted by atomic mass is 10.1. The number of pyridine rings is 1. The highest BCUT2D eigenvalue weighted by Gasteiger charge is 2.13. The van der Waals surface area contributed by atoms with Gasteiger partial charge in [0, 0.05) is 16.5 Å². The summed E-state index contributed by atoms with van der Waals surface area (Å²) >= 11 is 1.60. The monoisotopic (exact) mass is 399 g/mol. The Bertz CT molecular complexity index is 1410. The van der Waals surface area contributed by atoms with Crippen molar-refractivity contribution in [2.45, 2.75) is 13.5 Å². The molecule has 0 saturated heterocycles. The zero-order valence-corrected chi connectivity index (χ0v) is 16.5. The second-order valence-electron chi connectivity index (χ2n) is 6.91. The van der Waals surface area contributed by atoms with Crippen molar-refractivity contribution < 1.29 is 4.79 Å². The van der Waals surface area contributed by atoms with Gasteiger partial charge in [0.05, 0.1) is 26.3 Å². The van der Waals surface area contributed by atoms with Gasteiger partial charge in [-0.05, 0) is 49.4 Å². The number of anilines is 1. The van der Waals surface area contributed by atoms with E-state index in [9.17, 15) is 9.59 Å². The highest BCUT2D eigenvalue weighted by atomic mass is 32.1. The van der Waals surface area contributed by atoms with Crippen LogP contribution in [-0.4, -0.2) is 15.5 Å². The largest absolute Gasteiger partial charge is 0.331 e. The maximum absolute atomic E-state index is 12.9. The number of hydrogen-bond donors (Lipinski definition) is 1. The molecule has 2 heterocycles. The Balaban J connectivity index is 1.55. The van der Waals surface area contributed by atoms with Gasteiger partial charge in [0.15, 0.2) is 5.43 Å². The Hall–Kier alpha value is -3.51. The average Bonchev–Trinajstić information content (AvgIpc) is 3.10. The van der Waals surface area contributed by atoms with E-state index in [1.54, 1.807) is 23.5 Å². The molecule has 5 nitrogen and oxygen atoms in total. The van der Waals surface area contributed by atoms with Crippen molar-refractivity contribution in [3.63, 3.8) is 0 Å². The number of nitrogens with zero attached hydrogens (tertiary/aromatic N) is 2. The molecular formula is C23H17N3O2S. The molecule has 0 radical (unpaired) electrons. The first kappa shape index (κ1) is 17.6. The van der Waals surface area contributed by atoms with Crippen LogP contribution >= 0.6 is 11.3 Å². The van der Waals surface area contributed by atoms with Crippen LogP contribution in [0, 0.1) is 6.92 Å². The number of aromatic nitrogens is 2. The number of para-hydroxylation sites is 2. The Kier molecular flexibility index (Phi) is 4.14. The van der Waals surface area contributed by atoms with E-state index in [0.29, 0.717) is 10.8 Å². The maximum atomic E-state index is 12.9. The summed E-state index contributed by atoms with van der Waals surface area (Å²) in [7, 11) is 0. The molecule has 5 rings (SSSR count). The third-order valence-corrected chi connectivity index (χ3v) is 5.89. The number of thiazole rings is 1. The highest BCUT2D eigenvalue weighted by Crippen LogP contribution is 2.25. The number of carbonyl (C=O) groups is 1. The van der Waals surface area contributed by atoms with Crippen molar-refractivity contribution in [1.29, 1.82) is 0 Å². The van der Waals surface area contributed by atoms with Gasteiger partial charge in [-0.2, -0.15) is 0 Å². The minimum Gasteiger partial charge on any atom is -0.331 e. The van der Waals surface area contributed by atoms with Crippen LogP contribution in [-0.2, 0) is 11.3 Å². The van der Waals surface area contributed by atoms with Crippen LogP contribution in [0.2, 0.25) is 0 Å². The lowest BCUT2D eigenvalue weighted by Gasteiger charge is -2.15. The average molecular weight is 399 g/mol. The quantitative estimate of drug-likeness (QED) is 0.447. The fourth-order valence-corrected chi connectivity index (χ4v) is 4.58. The lowest BCUT2D eigenvalue weighted by molar-refractivity contribution is -0.116. The Morgan fingerprint density at radius 2 is 1.66 bits per heavy atom. The topological polar surface area (TPSA) is 64.0 Å². The number of hydrogen-bond acceptors (Lipinski definition) is 4. The molecule has 0 aliphatic carbocycles. The summed E-state index contributed by atoms with van der Waals surface area (Å²) < 4.78 is 2.94. The normalized spacial score (nSPS) is 11.3. The van der Waals surface area contributed by atoms with Crippen LogP contribution < -0.4 is 10.7 Å². The first-order chi connectivity index (χ1) is 14.1. The van der Waals surface area contributed by atoms with Crippen molar-refractivity contribution in [2.75, 3.05) is 5.32 Å². The number of nitrogens with one attached hydrogen (secondary N) is 1. The van der Waals surface area contributed by atoms with Crippen LogP contribution in [0.5, 0.6) is 0 Å². The smallest absolute Gasteiger partial charge is 0.244 e. The molecule has 1 amide bonds. The van der Waals surface area contributed by atoms with E-state index in [1.165, 1.54) is 0 Å². The van der Waals surface area contributed by atoms with E-state index >= 15 is 0 Å². The fraction of sp³-hybridized carbons (Fsp3) is 0.0870. The van der Waals surface area contributed by atoms with Crippen LogP contribution in [0.4, 0.5) is 5.69 Å². The number of amides is 1. The standard InChI is InChI=1S/C23H17N3O2S/c1-14-24-18-11-10-15(12-21(18)29-14)25-22(27)13-26-19-8-4-2-6-16(19)23(28)17-7-3-5-9-20(17)26/h2-12H,13H2,1H3,(H,25,27). The molecule has 1 N–H and O–H groups in total. The summed E-state index contributed by atoms with van der Waals surface area (Å²) in [6.45, 7) is 2.08. The third kappa shape index (κ3) is 3.07. The molecule has 0 atom stereocenters. The van der Waals surface area contributed by atoms with Gasteiger partial charge >= 0.3 is 0 Å². The SMILES string of the molecule is Cc1nc2ccc(NC(=O)Cn3c4ccccc4c(=O)c4ccccc43)cc2s1. The first-order valence-corrected chi connectivity index (χ1v) is 10.1. The van der Waals surface area contributed by atoms with Crippen molar-refractivity contribution in [3.8, 4) is 0 Å². The predicted octanol–water partition coefficient (Wildman–Crippen LogP) is 4.71. The molecule has 0 aliphatic rings. The van der Waals surface area contributed by atoms with Crippen molar-refractivity contribution >= 4 is 55.0 Å². The number of fused-ring (bicyclic) bond motifs is 3. The van der Waals surface area contributed by atoms with Gasteiger partial charge in [-0.3, -0.25) is 9.59 Å². The summed E-state index contributed by atoms with van der Waals surface area (Å²) in [6, 6.07) is 20.5. The molecule has 2 aromatic heterocycles. The second kappa shape index (κ2) is 6.83. The van der Waals surface area contributed by atoms with Gasteiger partial charge < -0.3 is 9.88 Å². The van der Waals surface area contributed by atoms with Gasteiger partial charge in [-0.15, -0.1) is 11.3 Å². The van der Waals surface area contributed by atoms with E-state index in [1.807, 2.05) is 66.1 Å². The Morgan fingerprint density at radius 1 is 1.00 bits per heavy atom. The van der Waals surface area contributed by atoms with E-state index in [-0.39, 0.29) is 17.9 Å². The molecular weight excluding hydrogens is 382 g/mol. The minimum atomic E-state index is -0.149. The predicted molar refractivity (Wildman–Crippen MR) is 119 cm³/mol. The summed E-state index contributed by atoms with van der Waals surface area (Å²) in [5, 5.41) is 5.20. The summed E-state index contributed by atoms with van der Waals surface area (Å²) in [5.74, 6) is -0.149. The second-order valence-corrected chi connectivity index (χ2v) is 8.15. The van der Waals surface area contributed by atoms with E-state index in [0.717, 1.165) is 31.9 Å². The minimum absolute atomic E-state index is 0.0149. The lowest BCUT2D eigenvalue weighted by Crippen LogP contribution is -2.21. The number of rotatable bonds is 3. The fourth-order valence-electron chi connectivity index (χ4n) is 3.71. The van der Waals surface area contributed by atoms with Gasteiger partial charge in [0.2, 0.25) is 5.91 Å². The molecule has 6 heteroatoms. The van der Waals surface area contributed by atoms with Crippen LogP contribution in [0.1, 0.15) is 5.01 Å². The Labute approximate surface area is 170 Å². The molecule has 0 spiro atoms. The molecule has 5 aromatic rings. The first-order valence-electron chi connectivity index (χ1n) is 9.27. The zero-order valence-electron chi connectivity index (χ0n) is 15.7. The molecule has 0 bridgehead atoms. The Morgan fingerprint density at radius 3 is 2.34 bits per heavy atom. The van der Waals surface area contributed by atoms with E-state index in [2.05, 4.69) is 10.3 Å². The third-order valence-electron chi connectivity index (χ3n) is 4.96. The molecule has 0 aliphatic heterocycles. The van der Waals surface area contributed by atoms with Crippen molar-refractivity contribution in [2.24, 2.45) is 0 Å². The van der Waals surface area contributed by atoms with E-state index < -0.39 is 0 Å². The van der Waals surface area contributed by atoms with Crippen LogP contribution in [0.15, 0.2) is 71.5 Å². The molecule has 0 saturated carbocycles. The van der Waals surface area contributed by atoms with Crippen molar-refractivity contribution in [1.82, 2.24) is 9.55 Å². The van der Waals surface area contributed by atoms with Crippen LogP contribution in [0.25, 0.3) is 32.0 Å². The molecule has 3 aromatic carbocycles. The number of carbonyl (C=O) groups excluding carboxylic acids is 1. The summed E-state index contributed by atoms with van der Waals surface area (Å²) in [5.41, 5.74) is 3.15. The van der Waals surface area contributed by atoms with Gasteiger partial charge in [0.25, 0.3) is 0 Å². The van der Waals surface area contributed by atoms with Crippen LogP contribution in [0.3, 0.4) is 0 Å². The maximum Gasteiger partial charge on any atom is 0.244 e. The zero-order chi connectivity index (χ0) is 20.0. The van der Waals surface area contributed by atoms with Gasteiger partial charge in [-0.1, -0.05) is 24.3 Å². The number of aryl methyl sites for hydroxylation is 1. The molecule has 0 fully saturated rings. The van der Waals surface area contributed by atoms with Gasteiger partial charge in [-0.25, -0.2) is 4.98 Å². The van der Waals surface area contributed by atoms with E-state index in [4.69, 9.17) is 0 Å². The molecule has 142 valence electrons. The van der Waals surface area contributed by atoms with Gasteiger partial charge in [0.1, 0.15) is 6.54 Å².